The summed E-state index contributed by atoms with van der Waals surface area (Å²) in [6.07, 6.45) is 7.67. The maximum Gasteiger partial charge on any atom is 0.318 e. The summed E-state index contributed by atoms with van der Waals surface area (Å²) in [5.74, 6) is -0.257. The summed E-state index contributed by atoms with van der Waals surface area (Å²) < 4.78 is 6.15. The molecule has 9 nitrogen and oxygen atoms in total. The van der Waals surface area contributed by atoms with Gasteiger partial charge in [-0.25, -0.2) is 4.79 Å². The Hall–Kier alpha value is -2.42. The van der Waals surface area contributed by atoms with E-state index in [9.17, 15) is 24.3 Å². The second-order valence-corrected chi connectivity index (χ2v) is 19.1. The Balaban J connectivity index is 1.31. The molecule has 49 heavy (non-hydrogen) atoms. The molecule has 0 aromatic rings. The van der Waals surface area contributed by atoms with Gasteiger partial charge in [0.2, 0.25) is 0 Å². The highest BCUT2D eigenvalue weighted by Gasteiger charge is 2.69. The lowest BCUT2D eigenvalue weighted by Crippen LogP contribution is -2.65. The molecule has 0 aromatic heterocycles. The molecule has 0 spiro atoms. The van der Waals surface area contributed by atoms with Gasteiger partial charge in [0.15, 0.2) is 0 Å². The van der Waals surface area contributed by atoms with Crippen molar-refractivity contribution in [2.24, 2.45) is 50.7 Å². The van der Waals surface area contributed by atoms with E-state index in [0.717, 1.165) is 64.5 Å². The van der Waals surface area contributed by atoms with Crippen molar-refractivity contribution in [3.8, 4) is 0 Å². The number of aliphatic carboxylic acids is 1. The number of carboxylic acids is 1. The summed E-state index contributed by atoms with van der Waals surface area (Å²) in [5, 5.41) is 16.5. The number of Topliss-reactive ketones (excluding diaryl/α,β-unsaturated/α-hetero) is 1. The minimum absolute atomic E-state index is 0.0282. The molecule has 5 fully saturated rings. The second-order valence-electron chi connectivity index (χ2n) is 19.1. The molecule has 4 saturated carbocycles. The molecule has 274 valence electrons. The highest BCUT2D eigenvalue weighted by molar-refractivity contribution is 5.92. The van der Waals surface area contributed by atoms with Crippen LogP contribution < -0.4 is 10.6 Å². The molecule has 2 amide bonds. The number of carboxylic acid groups (broad SMARTS) is 1. The van der Waals surface area contributed by atoms with Crippen molar-refractivity contribution in [3.05, 3.63) is 11.1 Å². The van der Waals surface area contributed by atoms with Gasteiger partial charge in [0.1, 0.15) is 11.9 Å². The third kappa shape index (κ3) is 5.49. The standard InChI is InChI=1S/C40H63N3O6/c1-24(2)31-26(44)22-40(42-34(48)43-20-18-41-19-21-43)17-16-38(8)25(32(31)40)10-11-28-37(7)14-13-29(49-30(45)23-35(3,4)33(46)47)36(5,6)27(37)12-15-39(28,38)9/h24,27-29,31,41H,10-23H2,1-9H3,(H,42,48)(H,46,47)/t27-,28+,29-,31?,37-,38+,39+,40+/m0/s1. The molecule has 0 radical (unpaired) electrons. The first-order chi connectivity index (χ1) is 22.7. The van der Waals surface area contributed by atoms with Crippen molar-refractivity contribution in [1.29, 1.82) is 0 Å². The molecule has 3 N–H and O–H groups in total. The lowest BCUT2D eigenvalue weighted by Gasteiger charge is -2.70. The number of carbonyl (C=O) groups is 4. The molecule has 9 heteroatoms. The number of piperazine rings is 1. The Labute approximate surface area is 294 Å². The molecule has 6 aliphatic rings. The summed E-state index contributed by atoms with van der Waals surface area (Å²) in [7, 11) is 0. The van der Waals surface area contributed by atoms with E-state index in [2.05, 4.69) is 59.1 Å². The van der Waals surface area contributed by atoms with Crippen LogP contribution in [0.4, 0.5) is 4.79 Å². The highest BCUT2D eigenvalue weighted by atomic mass is 16.5. The summed E-state index contributed by atoms with van der Waals surface area (Å²) in [5.41, 5.74) is 0.754. The number of hydrogen-bond acceptors (Lipinski definition) is 6. The predicted octanol–water partition coefficient (Wildman–Crippen LogP) is 6.75. The van der Waals surface area contributed by atoms with Gasteiger partial charge in [0.25, 0.3) is 0 Å². The Bertz CT molecular complexity index is 1430. The molecule has 1 heterocycles. The third-order valence-corrected chi connectivity index (χ3v) is 15.5. The highest BCUT2D eigenvalue weighted by Crippen LogP contribution is 2.75. The smallest absolute Gasteiger partial charge is 0.318 e. The van der Waals surface area contributed by atoms with Crippen molar-refractivity contribution in [3.63, 3.8) is 0 Å². The van der Waals surface area contributed by atoms with Gasteiger partial charge in [0.05, 0.1) is 17.4 Å². The van der Waals surface area contributed by atoms with Crippen molar-refractivity contribution < 1.29 is 29.0 Å². The van der Waals surface area contributed by atoms with E-state index in [4.69, 9.17) is 4.74 Å². The number of hydrogen-bond donors (Lipinski definition) is 3. The Kier molecular flexibility index (Phi) is 8.97. The van der Waals surface area contributed by atoms with Gasteiger partial charge in [-0.2, -0.15) is 0 Å². The van der Waals surface area contributed by atoms with Gasteiger partial charge in [-0.05, 0) is 105 Å². The SMILES string of the molecule is CC(C)C1C(=O)C[C@]2(NC(=O)N3CCNCC3)CC[C@]3(C)C(=C12)CC[C@@H]1[C@@]2(C)CC[C@H](OC(=O)CC(C)(C)C(=O)O)C(C)(C)[C@@H]2CC[C@]13C. The number of nitrogens with zero attached hydrogens (tertiary/aromatic N) is 1. The number of nitrogens with one attached hydrogen (secondary N) is 2. The molecular weight excluding hydrogens is 618 g/mol. The van der Waals surface area contributed by atoms with Gasteiger partial charge >= 0.3 is 18.0 Å². The van der Waals surface area contributed by atoms with Crippen LogP contribution in [0.15, 0.2) is 11.1 Å². The van der Waals surface area contributed by atoms with Crippen molar-refractivity contribution in [2.45, 2.75) is 138 Å². The van der Waals surface area contributed by atoms with E-state index in [1.165, 1.54) is 11.1 Å². The molecule has 8 atom stereocenters. The summed E-state index contributed by atoms with van der Waals surface area (Å²) in [6.45, 7) is 22.5. The molecule has 5 aliphatic carbocycles. The quantitative estimate of drug-likeness (QED) is 0.209. The lowest BCUT2D eigenvalue weighted by atomic mass is 9.34. The first-order valence-corrected chi connectivity index (χ1v) is 19.2. The Morgan fingerprint density at radius 3 is 2.29 bits per heavy atom. The van der Waals surface area contributed by atoms with Gasteiger partial charge in [0, 0.05) is 43.9 Å². The molecule has 0 aromatic carbocycles. The van der Waals surface area contributed by atoms with E-state index in [1.807, 2.05) is 4.90 Å². The molecule has 0 bridgehead atoms. The van der Waals surface area contributed by atoms with Crippen LogP contribution in [0.3, 0.4) is 0 Å². The topological polar surface area (TPSA) is 125 Å². The maximum atomic E-state index is 13.9. The van der Waals surface area contributed by atoms with Crippen LogP contribution in [0.5, 0.6) is 0 Å². The first kappa shape index (κ1) is 36.4. The fourth-order valence-corrected chi connectivity index (χ4v) is 12.6. The fourth-order valence-electron chi connectivity index (χ4n) is 12.6. The van der Waals surface area contributed by atoms with Crippen molar-refractivity contribution in [1.82, 2.24) is 15.5 Å². The monoisotopic (exact) mass is 681 g/mol. The predicted molar refractivity (Wildman–Crippen MR) is 189 cm³/mol. The average Bonchev–Trinajstić information content (AvgIpc) is 3.30. The van der Waals surface area contributed by atoms with Crippen LogP contribution in [-0.2, 0) is 19.1 Å². The third-order valence-electron chi connectivity index (χ3n) is 15.5. The number of ketones is 1. The summed E-state index contributed by atoms with van der Waals surface area (Å²) >= 11 is 0. The van der Waals surface area contributed by atoms with Crippen LogP contribution in [0, 0.1) is 50.7 Å². The van der Waals surface area contributed by atoms with Crippen LogP contribution in [0.25, 0.3) is 0 Å². The number of urea groups is 1. The van der Waals surface area contributed by atoms with E-state index in [1.54, 1.807) is 13.8 Å². The van der Waals surface area contributed by atoms with E-state index < -0.39 is 22.9 Å². The largest absolute Gasteiger partial charge is 0.481 e. The van der Waals surface area contributed by atoms with Crippen LogP contribution >= 0.6 is 0 Å². The average molecular weight is 682 g/mol. The van der Waals surface area contributed by atoms with Crippen LogP contribution in [-0.4, -0.2) is 71.6 Å². The van der Waals surface area contributed by atoms with Crippen LogP contribution in [0.2, 0.25) is 0 Å². The molecule has 1 aliphatic heterocycles. The van der Waals surface area contributed by atoms with Crippen molar-refractivity contribution >= 4 is 23.8 Å². The van der Waals surface area contributed by atoms with E-state index in [0.29, 0.717) is 31.3 Å². The normalized spacial score (nSPS) is 40.2. The zero-order chi connectivity index (χ0) is 35.9. The molecule has 1 unspecified atom stereocenters. The van der Waals surface area contributed by atoms with Gasteiger partial charge in [-0.15, -0.1) is 0 Å². The number of amides is 2. The molecular formula is C40H63N3O6. The second kappa shape index (κ2) is 12.1. The summed E-state index contributed by atoms with van der Waals surface area (Å²) in [6, 6.07) is -0.0282. The van der Waals surface area contributed by atoms with Crippen LogP contribution in [0.1, 0.15) is 127 Å². The fraction of sp³-hybridized carbons (Fsp3) is 0.850. The molecule has 6 rings (SSSR count). The lowest BCUT2D eigenvalue weighted by molar-refractivity contribution is -0.214. The minimum atomic E-state index is -1.16. The maximum absolute atomic E-state index is 13.9. The Morgan fingerprint density at radius 1 is 0.980 bits per heavy atom. The number of fused-ring (bicyclic) bond motifs is 6. The number of allylic oxidation sites excluding steroid dienone is 1. The zero-order valence-corrected chi connectivity index (χ0v) is 31.7. The number of rotatable bonds is 6. The van der Waals surface area contributed by atoms with Crippen molar-refractivity contribution in [2.75, 3.05) is 26.2 Å². The van der Waals surface area contributed by atoms with Gasteiger partial charge in [-0.3, -0.25) is 14.4 Å². The summed E-state index contributed by atoms with van der Waals surface area (Å²) in [4.78, 5) is 54.4. The Morgan fingerprint density at radius 2 is 1.65 bits per heavy atom. The van der Waals surface area contributed by atoms with E-state index in [-0.39, 0.29) is 57.8 Å². The van der Waals surface area contributed by atoms with Gasteiger partial charge in [-0.1, -0.05) is 54.0 Å². The van der Waals surface area contributed by atoms with E-state index >= 15 is 0 Å². The number of ether oxygens (including phenoxy) is 1. The minimum Gasteiger partial charge on any atom is -0.481 e. The first-order valence-electron chi connectivity index (χ1n) is 19.2. The zero-order valence-electron chi connectivity index (χ0n) is 31.7. The van der Waals surface area contributed by atoms with Gasteiger partial charge < -0.3 is 25.4 Å². The number of carbonyl (C=O) groups excluding carboxylic acids is 3. The number of esters is 1. The molecule has 1 saturated heterocycles.